The fourth-order valence-electron chi connectivity index (χ4n) is 4.83. The lowest BCUT2D eigenvalue weighted by Gasteiger charge is -2.44. The molecule has 2 amide bonds. The molecule has 0 bridgehead atoms. The van der Waals surface area contributed by atoms with Crippen molar-refractivity contribution < 1.29 is 18.7 Å². The highest BCUT2D eigenvalue weighted by Gasteiger charge is 2.41. The van der Waals surface area contributed by atoms with Crippen LogP contribution in [0, 0.1) is 5.82 Å². The average molecular weight is 486 g/mol. The molecule has 2 fully saturated rings. The molecule has 2 atom stereocenters. The summed E-state index contributed by atoms with van der Waals surface area (Å²) >= 11 is 0. The number of fused-ring (bicyclic) bond motifs is 1. The van der Waals surface area contributed by atoms with Gasteiger partial charge in [0.2, 0.25) is 0 Å². The van der Waals surface area contributed by atoms with E-state index in [1.807, 2.05) is 18.2 Å². The lowest BCUT2D eigenvalue weighted by Crippen LogP contribution is -2.54. The Kier molecular flexibility index (Phi) is 7.07. The Hall–Kier alpha value is -4.00. The van der Waals surface area contributed by atoms with Crippen molar-refractivity contribution in [3.8, 4) is 0 Å². The van der Waals surface area contributed by atoms with E-state index in [2.05, 4.69) is 10.3 Å². The third-order valence-electron chi connectivity index (χ3n) is 6.74. The van der Waals surface area contributed by atoms with Crippen LogP contribution in [-0.4, -0.2) is 33.8 Å². The number of morpholine rings is 1. The maximum atomic E-state index is 14.4. The number of carbonyl (C=O) groups is 2. The van der Waals surface area contributed by atoms with Crippen molar-refractivity contribution in [2.75, 3.05) is 0 Å². The Labute approximate surface area is 209 Å². The molecule has 184 valence electrons. The van der Waals surface area contributed by atoms with Crippen LogP contribution in [0.3, 0.4) is 0 Å². The van der Waals surface area contributed by atoms with Crippen molar-refractivity contribution in [1.29, 1.82) is 0 Å². The zero-order valence-corrected chi connectivity index (χ0v) is 19.9. The molecule has 6 nitrogen and oxygen atoms in total. The summed E-state index contributed by atoms with van der Waals surface area (Å²) in [5, 5.41) is 2.85. The van der Waals surface area contributed by atoms with Gasteiger partial charge in [-0.05, 0) is 61.2 Å². The number of nitrogens with one attached hydrogen (secondary N) is 1. The number of benzene rings is 2. The van der Waals surface area contributed by atoms with Crippen LogP contribution in [0.5, 0.6) is 0 Å². The van der Waals surface area contributed by atoms with Gasteiger partial charge in [0, 0.05) is 23.9 Å². The Balaban J connectivity index is 1.31. The highest BCUT2D eigenvalue weighted by molar-refractivity contribution is 5.97. The second kappa shape index (κ2) is 10.7. The molecule has 1 aliphatic carbocycles. The number of nitrogens with zero attached hydrogens (tertiary/aromatic N) is 2. The summed E-state index contributed by atoms with van der Waals surface area (Å²) in [5.74, 6) is -0.502. The summed E-state index contributed by atoms with van der Waals surface area (Å²) in [6, 6.07) is 19.1. The van der Waals surface area contributed by atoms with E-state index < -0.39 is 0 Å². The Morgan fingerprint density at radius 3 is 2.61 bits per heavy atom. The van der Waals surface area contributed by atoms with E-state index in [1.165, 1.54) is 6.07 Å². The highest BCUT2D eigenvalue weighted by atomic mass is 19.1. The molecule has 1 aliphatic heterocycles. The second-order valence-electron chi connectivity index (χ2n) is 9.17. The van der Waals surface area contributed by atoms with Crippen LogP contribution in [0.1, 0.15) is 52.9 Å². The Morgan fingerprint density at radius 2 is 1.83 bits per heavy atom. The van der Waals surface area contributed by atoms with Gasteiger partial charge in [-0.15, -0.1) is 0 Å². The van der Waals surface area contributed by atoms with Gasteiger partial charge >= 0.3 is 0 Å². The summed E-state index contributed by atoms with van der Waals surface area (Å²) in [4.78, 5) is 31.9. The zero-order valence-electron chi connectivity index (χ0n) is 19.9. The number of halogens is 1. The second-order valence-corrected chi connectivity index (χ2v) is 9.17. The van der Waals surface area contributed by atoms with Crippen molar-refractivity contribution >= 4 is 17.9 Å². The lowest BCUT2D eigenvalue weighted by molar-refractivity contribution is -0.149. The number of aromatic nitrogens is 1. The molecule has 1 N–H and O–H groups in total. The zero-order chi connectivity index (χ0) is 24.9. The van der Waals surface area contributed by atoms with E-state index in [9.17, 15) is 14.0 Å². The molecule has 0 spiro atoms. The van der Waals surface area contributed by atoms with Gasteiger partial charge in [-0.1, -0.05) is 42.8 Å². The quantitative estimate of drug-likeness (QED) is 0.506. The summed E-state index contributed by atoms with van der Waals surface area (Å²) in [7, 11) is 0. The standard InChI is InChI=1S/C29H28FN3O3/c30-24-9-2-1-7-22(24)19-33-25-10-3-4-11-26(25)36-27(29(33)35)17-20-12-14-21(15-13-20)28(34)32-18-23-8-5-6-16-31-23/h1-2,5-9,12-17,25-26H,3-4,10-11,18-19H2,(H,32,34)/b27-17-. The van der Waals surface area contributed by atoms with E-state index in [-0.39, 0.29) is 42.1 Å². The molecule has 2 heterocycles. The first-order chi connectivity index (χ1) is 17.6. The third kappa shape index (κ3) is 5.30. The molecule has 0 radical (unpaired) electrons. The lowest BCUT2D eigenvalue weighted by atomic mass is 9.89. The van der Waals surface area contributed by atoms with E-state index in [0.29, 0.717) is 17.7 Å². The predicted octanol–water partition coefficient (Wildman–Crippen LogP) is 4.86. The van der Waals surface area contributed by atoms with Crippen LogP contribution >= 0.6 is 0 Å². The third-order valence-corrected chi connectivity index (χ3v) is 6.74. The molecule has 3 aromatic rings. The molecule has 1 saturated heterocycles. The number of rotatable bonds is 6. The summed E-state index contributed by atoms with van der Waals surface area (Å²) in [6.45, 7) is 0.553. The Bertz CT molecular complexity index is 1260. The maximum absolute atomic E-state index is 14.4. The normalized spacial score (nSPS) is 20.5. The van der Waals surface area contributed by atoms with Gasteiger partial charge in [0.05, 0.1) is 18.3 Å². The minimum Gasteiger partial charge on any atom is -0.482 e. The van der Waals surface area contributed by atoms with Crippen molar-refractivity contribution in [3.05, 3.63) is 107 Å². The van der Waals surface area contributed by atoms with E-state index in [0.717, 1.165) is 36.9 Å². The molecule has 36 heavy (non-hydrogen) atoms. The van der Waals surface area contributed by atoms with Crippen LogP contribution in [0.25, 0.3) is 6.08 Å². The first kappa shape index (κ1) is 23.7. The first-order valence-electron chi connectivity index (χ1n) is 12.3. The molecule has 2 unspecified atom stereocenters. The minimum absolute atomic E-state index is 0.0619. The molecular formula is C29H28FN3O3. The first-order valence-corrected chi connectivity index (χ1v) is 12.3. The van der Waals surface area contributed by atoms with Crippen LogP contribution < -0.4 is 5.32 Å². The molecule has 5 rings (SSSR count). The highest BCUT2D eigenvalue weighted by Crippen LogP contribution is 2.34. The van der Waals surface area contributed by atoms with E-state index in [4.69, 9.17) is 4.74 Å². The Morgan fingerprint density at radius 1 is 1.06 bits per heavy atom. The molecular weight excluding hydrogens is 457 g/mol. The van der Waals surface area contributed by atoms with Crippen molar-refractivity contribution in [2.24, 2.45) is 0 Å². The number of hydrogen-bond donors (Lipinski definition) is 1. The predicted molar refractivity (Wildman–Crippen MR) is 134 cm³/mol. The van der Waals surface area contributed by atoms with E-state index >= 15 is 0 Å². The molecule has 7 heteroatoms. The van der Waals surface area contributed by atoms with Crippen LogP contribution in [0.15, 0.2) is 78.7 Å². The van der Waals surface area contributed by atoms with Gasteiger partial charge in [-0.3, -0.25) is 14.6 Å². The molecule has 2 aliphatic rings. The smallest absolute Gasteiger partial charge is 0.289 e. The summed E-state index contributed by atoms with van der Waals surface area (Å²) < 4.78 is 20.5. The van der Waals surface area contributed by atoms with Crippen molar-refractivity contribution in [2.45, 2.75) is 50.9 Å². The number of amides is 2. The number of carbonyl (C=O) groups excluding carboxylic acids is 2. The topological polar surface area (TPSA) is 71.5 Å². The van der Waals surface area contributed by atoms with Crippen molar-refractivity contribution in [3.63, 3.8) is 0 Å². The van der Waals surface area contributed by atoms with Crippen LogP contribution in [0.4, 0.5) is 4.39 Å². The van der Waals surface area contributed by atoms with Crippen molar-refractivity contribution in [1.82, 2.24) is 15.2 Å². The van der Waals surface area contributed by atoms with Gasteiger partial charge < -0.3 is 15.0 Å². The summed E-state index contributed by atoms with van der Waals surface area (Å²) in [6.07, 6.45) is 7.06. The van der Waals surface area contributed by atoms with Gasteiger partial charge in [0.15, 0.2) is 5.76 Å². The minimum atomic E-state index is -0.313. The summed E-state index contributed by atoms with van der Waals surface area (Å²) in [5.41, 5.74) is 2.54. The monoisotopic (exact) mass is 485 g/mol. The van der Waals surface area contributed by atoms with Crippen LogP contribution in [0.2, 0.25) is 0 Å². The fraction of sp³-hybridized carbons (Fsp3) is 0.276. The van der Waals surface area contributed by atoms with E-state index in [1.54, 1.807) is 59.6 Å². The molecule has 1 saturated carbocycles. The van der Waals surface area contributed by atoms with Gasteiger partial charge in [-0.2, -0.15) is 0 Å². The average Bonchev–Trinajstić information content (AvgIpc) is 2.91. The number of hydrogen-bond acceptors (Lipinski definition) is 4. The van der Waals surface area contributed by atoms with Gasteiger partial charge in [-0.25, -0.2) is 4.39 Å². The number of ether oxygens (including phenoxy) is 1. The molecule has 1 aromatic heterocycles. The number of pyridine rings is 1. The fourth-order valence-corrected chi connectivity index (χ4v) is 4.83. The maximum Gasteiger partial charge on any atom is 0.289 e. The molecule has 2 aromatic carbocycles. The van der Waals surface area contributed by atoms with Gasteiger partial charge in [0.25, 0.3) is 11.8 Å². The largest absolute Gasteiger partial charge is 0.482 e. The van der Waals surface area contributed by atoms with Gasteiger partial charge in [0.1, 0.15) is 11.9 Å². The van der Waals surface area contributed by atoms with Crippen LogP contribution in [-0.2, 0) is 22.6 Å². The SMILES string of the molecule is O=C(NCc1ccccn1)c1ccc(/C=C2\OC3CCCCC3N(Cc3ccccc3F)C2=O)cc1.